The Kier molecular flexibility index (Phi) is 3.85. The van der Waals surface area contributed by atoms with Gasteiger partial charge in [-0.05, 0) is 18.2 Å². The number of carbonyl (C=O) groups is 1. The van der Waals surface area contributed by atoms with Crippen molar-refractivity contribution in [2.24, 2.45) is 0 Å². The molecule has 0 spiro atoms. The molecule has 2 aromatic rings. The van der Waals surface area contributed by atoms with E-state index in [9.17, 15) is 4.79 Å². The molecule has 2 rings (SSSR count). The molecule has 2 aromatic carbocycles. The Morgan fingerprint density at radius 1 is 1.22 bits per heavy atom. The summed E-state index contributed by atoms with van der Waals surface area (Å²) in [6, 6.07) is 11.2. The average Bonchev–Trinajstić information content (AvgIpc) is 2.37. The second-order valence-corrected chi connectivity index (χ2v) is 4.05. The van der Waals surface area contributed by atoms with Gasteiger partial charge in [0.25, 0.3) is 0 Å². The van der Waals surface area contributed by atoms with E-state index in [0.29, 0.717) is 10.8 Å². The molecule has 0 radical (unpaired) electrons. The van der Waals surface area contributed by atoms with Crippen LogP contribution < -0.4 is 4.74 Å². The summed E-state index contributed by atoms with van der Waals surface area (Å²) in [4.78, 5) is 10.3. The quantitative estimate of drug-likeness (QED) is 0.858. The monoisotopic (exact) mass is 262 g/mol. The molecule has 0 bridgehead atoms. The first kappa shape index (κ1) is 12.5. The highest BCUT2D eigenvalue weighted by molar-refractivity contribution is 6.35. The molecule has 1 N–H and O–H groups in total. The molecule has 0 aliphatic carbocycles. The van der Waals surface area contributed by atoms with Gasteiger partial charge in [-0.2, -0.15) is 0 Å². The van der Waals surface area contributed by atoms with Gasteiger partial charge in [-0.25, -0.2) is 4.79 Å². The van der Waals surface area contributed by atoms with E-state index < -0.39 is 5.97 Å². The van der Waals surface area contributed by atoms with Crippen molar-refractivity contribution in [3.05, 3.63) is 53.6 Å². The summed E-state index contributed by atoms with van der Waals surface area (Å²) in [5.41, 5.74) is 0. The van der Waals surface area contributed by atoms with Crippen LogP contribution >= 0.6 is 11.6 Å². The van der Waals surface area contributed by atoms with Crippen molar-refractivity contribution in [1.29, 1.82) is 0 Å². The van der Waals surface area contributed by atoms with Crippen LogP contribution in [0.2, 0.25) is 5.02 Å². The van der Waals surface area contributed by atoms with Crippen molar-refractivity contribution >= 4 is 28.3 Å². The predicted molar refractivity (Wildman–Crippen MR) is 71.2 cm³/mol. The lowest BCUT2D eigenvalue weighted by Crippen LogP contribution is -1.96. The van der Waals surface area contributed by atoms with E-state index >= 15 is 0 Å². The molecule has 18 heavy (non-hydrogen) atoms. The van der Waals surface area contributed by atoms with Crippen molar-refractivity contribution in [3.63, 3.8) is 0 Å². The number of carboxylic acid groups (broad SMARTS) is 1. The van der Waals surface area contributed by atoms with Crippen LogP contribution in [0.3, 0.4) is 0 Å². The van der Waals surface area contributed by atoms with Crippen LogP contribution in [-0.2, 0) is 4.79 Å². The first-order valence-electron chi connectivity index (χ1n) is 5.38. The zero-order chi connectivity index (χ0) is 13.0. The molecule has 0 unspecified atom stereocenters. The van der Waals surface area contributed by atoms with Crippen LogP contribution in [0.4, 0.5) is 0 Å². The minimum absolute atomic E-state index is 0.206. The van der Waals surface area contributed by atoms with Gasteiger partial charge in [0.1, 0.15) is 12.4 Å². The smallest absolute Gasteiger partial charge is 0.328 e. The van der Waals surface area contributed by atoms with Crippen LogP contribution in [-0.4, -0.2) is 17.7 Å². The summed E-state index contributed by atoms with van der Waals surface area (Å²) in [6.07, 6.45) is 2.50. The van der Waals surface area contributed by atoms with E-state index in [-0.39, 0.29) is 6.61 Å². The van der Waals surface area contributed by atoms with Crippen LogP contribution in [0.5, 0.6) is 5.75 Å². The number of ether oxygens (including phenoxy) is 1. The van der Waals surface area contributed by atoms with Gasteiger partial charge in [0.05, 0.1) is 0 Å². The molecule has 0 saturated heterocycles. The van der Waals surface area contributed by atoms with E-state index in [0.717, 1.165) is 16.8 Å². The highest BCUT2D eigenvalue weighted by Gasteiger charge is 2.04. The Hall–Kier alpha value is -2.00. The largest absolute Gasteiger partial charge is 0.489 e. The fraction of sp³-hybridized carbons (Fsp3) is 0.0714. The van der Waals surface area contributed by atoms with Crippen molar-refractivity contribution < 1.29 is 14.6 Å². The molecule has 4 heteroatoms. The SMILES string of the molecule is O=C(O)C=CCOc1ccc(Cl)c2ccccc12. The Morgan fingerprint density at radius 3 is 2.67 bits per heavy atom. The molecule has 0 heterocycles. The van der Waals surface area contributed by atoms with Crippen molar-refractivity contribution in [2.45, 2.75) is 0 Å². The van der Waals surface area contributed by atoms with E-state index in [1.165, 1.54) is 6.08 Å². The highest BCUT2D eigenvalue weighted by Crippen LogP contribution is 2.31. The third-order valence-corrected chi connectivity index (χ3v) is 2.76. The Morgan fingerprint density at radius 2 is 1.94 bits per heavy atom. The Bertz CT molecular complexity index is 605. The number of halogens is 1. The van der Waals surface area contributed by atoms with Gasteiger partial charge in [0.2, 0.25) is 0 Å². The molecular formula is C14H11ClO3. The lowest BCUT2D eigenvalue weighted by Gasteiger charge is -2.08. The summed E-state index contributed by atoms with van der Waals surface area (Å²) in [6.45, 7) is 0.206. The maximum Gasteiger partial charge on any atom is 0.328 e. The number of rotatable bonds is 4. The molecule has 0 atom stereocenters. The summed E-state index contributed by atoms with van der Waals surface area (Å²) >= 11 is 6.08. The molecule has 92 valence electrons. The van der Waals surface area contributed by atoms with Crippen LogP contribution in [0.1, 0.15) is 0 Å². The van der Waals surface area contributed by atoms with Gasteiger partial charge < -0.3 is 9.84 Å². The van der Waals surface area contributed by atoms with Gasteiger partial charge >= 0.3 is 5.97 Å². The molecule has 0 aliphatic heterocycles. The number of hydrogen-bond acceptors (Lipinski definition) is 2. The van der Waals surface area contributed by atoms with Crippen molar-refractivity contribution in [3.8, 4) is 5.75 Å². The van der Waals surface area contributed by atoms with Gasteiger partial charge in [0.15, 0.2) is 0 Å². The maximum atomic E-state index is 10.3. The third-order valence-electron chi connectivity index (χ3n) is 2.43. The maximum absolute atomic E-state index is 10.3. The standard InChI is InChI=1S/C14H11ClO3/c15-12-7-8-13(18-9-3-6-14(16)17)11-5-2-1-4-10(11)12/h1-8H,9H2,(H,16,17). The van der Waals surface area contributed by atoms with Crippen LogP contribution in [0, 0.1) is 0 Å². The first-order valence-corrected chi connectivity index (χ1v) is 5.76. The minimum atomic E-state index is -0.987. The summed E-state index contributed by atoms with van der Waals surface area (Å²) < 4.78 is 5.52. The van der Waals surface area contributed by atoms with Crippen LogP contribution in [0.15, 0.2) is 48.6 Å². The first-order chi connectivity index (χ1) is 8.68. The minimum Gasteiger partial charge on any atom is -0.489 e. The molecule has 0 saturated carbocycles. The molecule has 0 aromatic heterocycles. The van der Waals surface area contributed by atoms with E-state index in [4.69, 9.17) is 21.4 Å². The summed E-state index contributed by atoms with van der Waals surface area (Å²) in [5, 5.41) is 11.0. The predicted octanol–water partition coefficient (Wildman–Crippen LogP) is 3.51. The topological polar surface area (TPSA) is 46.5 Å². The number of fused-ring (bicyclic) bond motifs is 1. The second-order valence-electron chi connectivity index (χ2n) is 3.64. The molecule has 0 fully saturated rings. The Labute approximate surface area is 109 Å². The zero-order valence-corrected chi connectivity index (χ0v) is 10.2. The normalized spacial score (nSPS) is 10.9. The summed E-state index contributed by atoms with van der Waals surface area (Å²) in [5.74, 6) is -0.301. The fourth-order valence-corrected chi connectivity index (χ4v) is 1.88. The molecular weight excluding hydrogens is 252 g/mol. The van der Waals surface area contributed by atoms with Crippen LogP contribution in [0.25, 0.3) is 10.8 Å². The van der Waals surface area contributed by atoms with Gasteiger partial charge in [-0.15, -0.1) is 0 Å². The third kappa shape index (κ3) is 2.81. The summed E-state index contributed by atoms with van der Waals surface area (Å²) in [7, 11) is 0. The fourth-order valence-electron chi connectivity index (χ4n) is 1.65. The molecule has 0 aliphatic rings. The lowest BCUT2D eigenvalue weighted by molar-refractivity contribution is -0.131. The number of benzene rings is 2. The van der Waals surface area contributed by atoms with Gasteiger partial charge in [-0.3, -0.25) is 0 Å². The number of aliphatic carboxylic acids is 1. The van der Waals surface area contributed by atoms with Crippen molar-refractivity contribution in [1.82, 2.24) is 0 Å². The molecule has 0 amide bonds. The highest BCUT2D eigenvalue weighted by atomic mass is 35.5. The average molecular weight is 263 g/mol. The zero-order valence-electron chi connectivity index (χ0n) is 9.47. The van der Waals surface area contributed by atoms with E-state index in [1.807, 2.05) is 24.3 Å². The van der Waals surface area contributed by atoms with Crippen molar-refractivity contribution in [2.75, 3.05) is 6.61 Å². The second kappa shape index (κ2) is 5.56. The number of carboxylic acids is 1. The van der Waals surface area contributed by atoms with E-state index in [2.05, 4.69) is 0 Å². The van der Waals surface area contributed by atoms with Gasteiger partial charge in [0, 0.05) is 21.9 Å². The molecule has 3 nitrogen and oxygen atoms in total. The number of hydrogen-bond donors (Lipinski definition) is 1. The Balaban J connectivity index is 2.24. The van der Waals surface area contributed by atoms with E-state index in [1.54, 1.807) is 12.1 Å². The lowest BCUT2D eigenvalue weighted by atomic mass is 10.1. The van der Waals surface area contributed by atoms with Gasteiger partial charge in [-0.1, -0.05) is 35.9 Å².